The second-order valence-electron chi connectivity index (χ2n) is 4.61. The highest BCUT2D eigenvalue weighted by molar-refractivity contribution is 5.33. The van der Waals surface area contributed by atoms with Gasteiger partial charge in [0.1, 0.15) is 5.60 Å². The summed E-state index contributed by atoms with van der Waals surface area (Å²) in [5, 5.41) is 19.5. The number of nitrogens with zero attached hydrogens (tertiary/aromatic N) is 1. The molecule has 2 nitrogen and oxygen atoms in total. The van der Waals surface area contributed by atoms with E-state index < -0.39 is 5.60 Å². The van der Waals surface area contributed by atoms with Gasteiger partial charge in [0, 0.05) is 0 Å². The Balaban J connectivity index is 3.21. The van der Waals surface area contributed by atoms with Crippen LogP contribution in [0, 0.1) is 31.1 Å². The normalized spacial score (nSPS) is 16.2. The lowest BCUT2D eigenvalue weighted by Gasteiger charge is -2.28. The van der Waals surface area contributed by atoms with E-state index in [1.807, 2.05) is 32.9 Å². The van der Waals surface area contributed by atoms with E-state index in [1.165, 1.54) is 0 Å². The van der Waals surface area contributed by atoms with Gasteiger partial charge in [-0.1, -0.05) is 36.2 Å². The molecule has 0 radical (unpaired) electrons. The van der Waals surface area contributed by atoms with E-state index in [2.05, 4.69) is 12.1 Å². The smallest absolute Gasteiger partial charge is 0.103 e. The van der Waals surface area contributed by atoms with Gasteiger partial charge in [0.2, 0.25) is 0 Å². The maximum Gasteiger partial charge on any atom is 0.103 e. The molecule has 1 N–H and O–H groups in total. The van der Waals surface area contributed by atoms with Crippen molar-refractivity contribution in [1.82, 2.24) is 0 Å². The van der Waals surface area contributed by atoms with Crippen LogP contribution in [0.15, 0.2) is 18.2 Å². The molecule has 2 heteroatoms. The van der Waals surface area contributed by atoms with Gasteiger partial charge in [-0.05, 0) is 32.8 Å². The van der Waals surface area contributed by atoms with Crippen LogP contribution in [-0.4, -0.2) is 5.11 Å². The van der Waals surface area contributed by atoms with Crippen molar-refractivity contribution in [3.8, 4) is 6.07 Å². The number of aryl methyl sites for hydroxylation is 2. The Morgan fingerprint density at radius 1 is 1.31 bits per heavy atom. The van der Waals surface area contributed by atoms with Crippen molar-refractivity contribution >= 4 is 0 Å². The van der Waals surface area contributed by atoms with Crippen LogP contribution in [-0.2, 0) is 5.60 Å². The van der Waals surface area contributed by atoms with E-state index in [9.17, 15) is 5.11 Å². The van der Waals surface area contributed by atoms with Crippen molar-refractivity contribution in [2.24, 2.45) is 5.92 Å². The molecule has 0 spiro atoms. The average Bonchev–Trinajstić information content (AvgIpc) is 2.17. The third-order valence-electron chi connectivity index (χ3n) is 3.05. The molecule has 16 heavy (non-hydrogen) atoms. The maximum absolute atomic E-state index is 10.5. The van der Waals surface area contributed by atoms with Gasteiger partial charge in [-0.25, -0.2) is 0 Å². The van der Waals surface area contributed by atoms with Gasteiger partial charge >= 0.3 is 0 Å². The topological polar surface area (TPSA) is 44.0 Å². The summed E-state index contributed by atoms with van der Waals surface area (Å²) in [5.41, 5.74) is 1.99. The number of hydrogen-bond donors (Lipinski definition) is 1. The summed E-state index contributed by atoms with van der Waals surface area (Å²) in [4.78, 5) is 0. The van der Waals surface area contributed by atoms with Crippen molar-refractivity contribution in [3.63, 3.8) is 0 Å². The Morgan fingerprint density at radius 3 is 2.19 bits per heavy atom. The molecule has 1 aromatic carbocycles. The van der Waals surface area contributed by atoms with E-state index in [0.29, 0.717) is 6.42 Å². The first-order valence-corrected chi connectivity index (χ1v) is 5.62. The molecule has 0 bridgehead atoms. The van der Waals surface area contributed by atoms with Gasteiger partial charge in [-0.3, -0.25) is 0 Å². The van der Waals surface area contributed by atoms with Crippen molar-refractivity contribution < 1.29 is 5.11 Å². The Labute approximate surface area is 97.5 Å². The van der Waals surface area contributed by atoms with Gasteiger partial charge in [-0.2, -0.15) is 5.26 Å². The van der Waals surface area contributed by atoms with Gasteiger partial charge in [0.25, 0.3) is 0 Å². The molecule has 2 unspecified atom stereocenters. The van der Waals surface area contributed by atoms with Crippen LogP contribution in [0.3, 0.4) is 0 Å². The second-order valence-corrected chi connectivity index (χ2v) is 4.61. The summed E-state index contributed by atoms with van der Waals surface area (Å²) in [6, 6.07) is 8.14. The summed E-state index contributed by atoms with van der Waals surface area (Å²) >= 11 is 0. The summed E-state index contributed by atoms with van der Waals surface area (Å²) in [7, 11) is 0. The van der Waals surface area contributed by atoms with Crippen LogP contribution in [0.2, 0.25) is 0 Å². The Hall–Kier alpha value is -1.33. The minimum Gasteiger partial charge on any atom is -0.384 e. The Kier molecular flexibility index (Phi) is 3.72. The molecule has 0 saturated carbocycles. The fourth-order valence-electron chi connectivity index (χ4n) is 2.08. The van der Waals surface area contributed by atoms with E-state index in [4.69, 9.17) is 5.26 Å². The molecular formula is C14H19NO. The summed E-state index contributed by atoms with van der Waals surface area (Å²) in [6.45, 7) is 7.64. The van der Waals surface area contributed by atoms with Crippen molar-refractivity contribution in [1.29, 1.82) is 5.26 Å². The molecule has 1 rings (SSSR count). The van der Waals surface area contributed by atoms with E-state index in [1.54, 1.807) is 6.92 Å². The zero-order valence-electron chi connectivity index (χ0n) is 10.4. The lowest BCUT2D eigenvalue weighted by molar-refractivity contribution is 0.0150. The maximum atomic E-state index is 10.5. The van der Waals surface area contributed by atoms with Gasteiger partial charge in [-0.15, -0.1) is 0 Å². The number of nitriles is 1. The largest absolute Gasteiger partial charge is 0.384 e. The van der Waals surface area contributed by atoms with Gasteiger partial charge in [0.05, 0.1) is 12.0 Å². The lowest BCUT2D eigenvalue weighted by atomic mass is 9.81. The summed E-state index contributed by atoms with van der Waals surface area (Å²) < 4.78 is 0. The Bertz CT molecular complexity index is 395. The first-order valence-electron chi connectivity index (χ1n) is 5.62. The Morgan fingerprint density at radius 2 is 1.81 bits per heavy atom. The molecule has 0 aliphatic heterocycles. The van der Waals surface area contributed by atoms with Crippen molar-refractivity contribution in [3.05, 3.63) is 34.9 Å². The molecule has 86 valence electrons. The number of rotatable bonds is 3. The number of benzene rings is 1. The predicted molar refractivity (Wildman–Crippen MR) is 64.9 cm³/mol. The monoisotopic (exact) mass is 217 g/mol. The van der Waals surface area contributed by atoms with Gasteiger partial charge in [0.15, 0.2) is 0 Å². The minimum absolute atomic E-state index is 0.367. The molecule has 0 fully saturated rings. The highest BCUT2D eigenvalue weighted by atomic mass is 16.3. The second kappa shape index (κ2) is 4.67. The highest BCUT2D eigenvalue weighted by Gasteiger charge is 2.32. The van der Waals surface area contributed by atoms with Crippen LogP contribution in [0.5, 0.6) is 0 Å². The third-order valence-corrected chi connectivity index (χ3v) is 3.05. The van der Waals surface area contributed by atoms with E-state index in [0.717, 1.165) is 16.7 Å². The molecule has 0 amide bonds. The highest BCUT2D eigenvalue weighted by Crippen LogP contribution is 2.32. The molecule has 0 aliphatic rings. The predicted octanol–water partition coefficient (Wildman–Crippen LogP) is 3.06. The molecule has 0 heterocycles. The van der Waals surface area contributed by atoms with Crippen LogP contribution in [0.1, 0.15) is 37.0 Å². The summed E-state index contributed by atoms with van der Waals surface area (Å²) in [5.74, 6) is -0.367. The van der Waals surface area contributed by atoms with Crippen LogP contribution in [0.4, 0.5) is 0 Å². The van der Waals surface area contributed by atoms with Crippen molar-refractivity contribution in [2.45, 2.75) is 39.7 Å². The quantitative estimate of drug-likeness (QED) is 0.845. The molecule has 0 aliphatic carbocycles. The molecule has 0 aromatic heterocycles. The van der Waals surface area contributed by atoms with Crippen LogP contribution in [0.25, 0.3) is 0 Å². The third kappa shape index (κ3) is 2.43. The van der Waals surface area contributed by atoms with Crippen LogP contribution >= 0.6 is 0 Å². The van der Waals surface area contributed by atoms with E-state index >= 15 is 0 Å². The minimum atomic E-state index is -1.07. The summed E-state index contributed by atoms with van der Waals surface area (Å²) in [6.07, 6.45) is 0.649. The van der Waals surface area contributed by atoms with E-state index in [-0.39, 0.29) is 5.92 Å². The number of hydrogen-bond acceptors (Lipinski definition) is 2. The fourth-order valence-corrected chi connectivity index (χ4v) is 2.08. The SMILES string of the molecule is CCC(C#N)C(C)(O)c1cc(C)cc(C)c1. The molecule has 0 saturated heterocycles. The first kappa shape index (κ1) is 12.7. The number of aliphatic hydroxyl groups is 1. The van der Waals surface area contributed by atoms with Crippen molar-refractivity contribution in [2.75, 3.05) is 0 Å². The van der Waals surface area contributed by atoms with Crippen LogP contribution < -0.4 is 0 Å². The van der Waals surface area contributed by atoms with Gasteiger partial charge < -0.3 is 5.11 Å². The standard InChI is InChI=1S/C14H19NO/c1-5-12(9-15)14(4,16)13-7-10(2)6-11(3)8-13/h6-8,12,16H,5H2,1-4H3. The molecule has 1 aromatic rings. The first-order chi connectivity index (χ1) is 7.41. The fraction of sp³-hybridized carbons (Fsp3) is 0.500. The zero-order valence-corrected chi connectivity index (χ0v) is 10.4. The zero-order chi connectivity index (χ0) is 12.3. The lowest BCUT2D eigenvalue weighted by Crippen LogP contribution is -2.30. The average molecular weight is 217 g/mol. The molecule has 2 atom stereocenters. The molecular weight excluding hydrogens is 198 g/mol.